The number of anilines is 1. The number of hydrogen-bond acceptors (Lipinski definition) is 3. The lowest BCUT2D eigenvalue weighted by Gasteiger charge is -2.24. The van der Waals surface area contributed by atoms with E-state index in [0.717, 1.165) is 11.3 Å². The van der Waals surface area contributed by atoms with Crippen molar-refractivity contribution in [2.24, 2.45) is 0 Å². The molecule has 0 spiro atoms. The molecule has 0 aliphatic rings. The van der Waals surface area contributed by atoms with Crippen molar-refractivity contribution in [1.29, 1.82) is 0 Å². The Hall–Kier alpha value is -2.43. The van der Waals surface area contributed by atoms with Crippen molar-refractivity contribution < 1.29 is 9.21 Å². The fourth-order valence-electron chi connectivity index (χ4n) is 2.74. The van der Waals surface area contributed by atoms with Gasteiger partial charge in [0.1, 0.15) is 5.76 Å². The van der Waals surface area contributed by atoms with Crippen molar-refractivity contribution in [3.8, 4) is 0 Å². The van der Waals surface area contributed by atoms with Crippen molar-refractivity contribution in [3.05, 3.63) is 87.8 Å². The van der Waals surface area contributed by atoms with Gasteiger partial charge in [-0.1, -0.05) is 35.3 Å². The van der Waals surface area contributed by atoms with Crippen LogP contribution < -0.4 is 5.32 Å². The molecule has 0 unspecified atom stereocenters. The summed E-state index contributed by atoms with van der Waals surface area (Å²) >= 11 is 12.4. The van der Waals surface area contributed by atoms with Crippen molar-refractivity contribution in [2.45, 2.75) is 13.1 Å². The van der Waals surface area contributed by atoms with Crippen LogP contribution in [0.25, 0.3) is 0 Å². The third-order valence-electron chi connectivity index (χ3n) is 4.02. The maximum atomic E-state index is 13.1. The Balaban J connectivity index is 1.95. The number of nitrogens with one attached hydrogen (secondary N) is 1. The van der Waals surface area contributed by atoms with E-state index >= 15 is 0 Å². The number of carbonyl (C=O) groups is 1. The lowest BCUT2D eigenvalue weighted by Crippen LogP contribution is -2.30. The summed E-state index contributed by atoms with van der Waals surface area (Å²) in [6.45, 7) is 0.689. The van der Waals surface area contributed by atoms with Crippen LogP contribution in [0.3, 0.4) is 0 Å². The maximum Gasteiger partial charge on any atom is 0.256 e. The minimum Gasteiger partial charge on any atom is -0.467 e. The fourth-order valence-corrected chi connectivity index (χ4v) is 3.15. The Bertz CT molecular complexity index is 895. The van der Waals surface area contributed by atoms with Crippen LogP contribution in [0.4, 0.5) is 5.69 Å². The zero-order valence-corrected chi connectivity index (χ0v) is 15.7. The molecule has 0 aliphatic heterocycles. The van der Waals surface area contributed by atoms with E-state index in [1.165, 1.54) is 0 Å². The first kappa shape index (κ1) is 18.4. The first-order chi connectivity index (χ1) is 12.6. The summed E-state index contributed by atoms with van der Waals surface area (Å²) in [7, 11) is 1.83. The van der Waals surface area contributed by atoms with E-state index in [1.54, 1.807) is 41.5 Å². The molecule has 3 rings (SSSR count). The number of nitrogens with zero attached hydrogens (tertiary/aromatic N) is 1. The fraction of sp³-hybridized carbons (Fsp3) is 0.150. The van der Waals surface area contributed by atoms with Crippen LogP contribution in [0.1, 0.15) is 21.7 Å². The van der Waals surface area contributed by atoms with Gasteiger partial charge in [-0.2, -0.15) is 0 Å². The number of rotatable bonds is 6. The minimum atomic E-state index is -0.172. The molecule has 0 saturated carbocycles. The molecule has 1 amide bonds. The highest BCUT2D eigenvalue weighted by atomic mass is 35.5. The van der Waals surface area contributed by atoms with Crippen LogP contribution in [0.15, 0.2) is 65.3 Å². The molecular formula is C20H18Cl2N2O2. The zero-order valence-electron chi connectivity index (χ0n) is 14.2. The topological polar surface area (TPSA) is 45.5 Å². The third-order valence-corrected chi connectivity index (χ3v) is 4.58. The summed E-state index contributed by atoms with van der Waals surface area (Å²) in [5, 5.41) is 4.16. The van der Waals surface area contributed by atoms with Gasteiger partial charge in [0.15, 0.2) is 0 Å². The number of hydrogen-bond donors (Lipinski definition) is 1. The van der Waals surface area contributed by atoms with E-state index in [-0.39, 0.29) is 5.91 Å². The average molecular weight is 389 g/mol. The lowest BCUT2D eigenvalue weighted by atomic mass is 10.1. The molecule has 0 atom stereocenters. The van der Waals surface area contributed by atoms with Crippen LogP contribution in [-0.2, 0) is 13.1 Å². The van der Waals surface area contributed by atoms with E-state index in [2.05, 4.69) is 5.32 Å². The molecule has 4 nitrogen and oxygen atoms in total. The molecule has 1 aromatic heterocycles. The van der Waals surface area contributed by atoms with Crippen LogP contribution in [0, 0.1) is 0 Å². The normalized spacial score (nSPS) is 10.6. The molecule has 2 aromatic carbocycles. The van der Waals surface area contributed by atoms with Gasteiger partial charge in [-0.3, -0.25) is 4.79 Å². The highest BCUT2D eigenvalue weighted by Gasteiger charge is 2.21. The van der Waals surface area contributed by atoms with Crippen LogP contribution in [0.5, 0.6) is 0 Å². The molecule has 26 heavy (non-hydrogen) atoms. The van der Waals surface area contributed by atoms with Crippen LogP contribution >= 0.6 is 23.2 Å². The van der Waals surface area contributed by atoms with Crippen molar-refractivity contribution in [2.75, 3.05) is 12.4 Å². The van der Waals surface area contributed by atoms with Crippen LogP contribution in [0.2, 0.25) is 10.0 Å². The molecule has 0 radical (unpaired) electrons. The molecule has 0 fully saturated rings. The summed E-state index contributed by atoms with van der Waals surface area (Å²) in [4.78, 5) is 14.8. The maximum absolute atomic E-state index is 13.1. The molecule has 0 bridgehead atoms. The summed E-state index contributed by atoms with van der Waals surface area (Å²) in [5.41, 5.74) is 2.27. The second kappa shape index (κ2) is 8.30. The molecule has 134 valence electrons. The standard InChI is InChI=1S/C20H18Cl2N2O2/c1-23-19-9-8-15(21)11-14(19)12-24(13-16-5-4-10-26-16)20(25)17-6-2-3-7-18(17)22/h2-11,23H,12-13H2,1H3. The van der Waals surface area contributed by atoms with E-state index in [1.807, 2.05) is 31.3 Å². The largest absolute Gasteiger partial charge is 0.467 e. The second-order valence-electron chi connectivity index (χ2n) is 5.77. The van der Waals surface area contributed by atoms with Crippen molar-refractivity contribution in [1.82, 2.24) is 4.90 Å². The molecule has 1 N–H and O–H groups in total. The molecule has 3 aromatic rings. The van der Waals surface area contributed by atoms with E-state index in [0.29, 0.717) is 34.5 Å². The number of halogens is 2. The lowest BCUT2D eigenvalue weighted by molar-refractivity contribution is 0.0718. The average Bonchev–Trinajstić information content (AvgIpc) is 3.14. The smallest absolute Gasteiger partial charge is 0.256 e. The predicted molar refractivity (Wildman–Crippen MR) is 105 cm³/mol. The van der Waals surface area contributed by atoms with Gasteiger partial charge in [0, 0.05) is 24.3 Å². The Morgan fingerprint density at radius 3 is 2.58 bits per heavy atom. The SMILES string of the molecule is CNc1ccc(Cl)cc1CN(Cc1ccco1)C(=O)c1ccccc1Cl. The van der Waals surface area contributed by atoms with E-state index in [9.17, 15) is 4.79 Å². The van der Waals surface area contributed by atoms with E-state index in [4.69, 9.17) is 27.6 Å². The van der Waals surface area contributed by atoms with Gasteiger partial charge in [0.2, 0.25) is 0 Å². The Kier molecular flexibility index (Phi) is 5.86. The van der Waals surface area contributed by atoms with Gasteiger partial charge >= 0.3 is 0 Å². The molecule has 1 heterocycles. The first-order valence-electron chi connectivity index (χ1n) is 8.11. The number of furan rings is 1. The summed E-state index contributed by atoms with van der Waals surface area (Å²) in [6.07, 6.45) is 1.59. The number of amides is 1. The molecular weight excluding hydrogens is 371 g/mol. The third kappa shape index (κ3) is 4.21. The molecule has 0 saturated heterocycles. The predicted octanol–water partition coefficient (Wildman–Crippen LogP) is 5.47. The van der Waals surface area contributed by atoms with Gasteiger partial charge in [0.05, 0.1) is 23.4 Å². The highest BCUT2D eigenvalue weighted by molar-refractivity contribution is 6.33. The van der Waals surface area contributed by atoms with Gasteiger partial charge in [-0.25, -0.2) is 0 Å². The van der Waals surface area contributed by atoms with Crippen molar-refractivity contribution >= 4 is 34.8 Å². The second-order valence-corrected chi connectivity index (χ2v) is 6.62. The molecule has 6 heteroatoms. The Labute approximate surface area is 162 Å². The summed E-state index contributed by atoms with van der Waals surface area (Å²) in [6, 6.07) is 16.2. The summed E-state index contributed by atoms with van der Waals surface area (Å²) < 4.78 is 5.43. The number of benzene rings is 2. The van der Waals surface area contributed by atoms with Gasteiger partial charge in [-0.15, -0.1) is 0 Å². The van der Waals surface area contributed by atoms with Gasteiger partial charge in [-0.05, 0) is 48.0 Å². The van der Waals surface area contributed by atoms with Crippen molar-refractivity contribution in [3.63, 3.8) is 0 Å². The van der Waals surface area contributed by atoms with Gasteiger partial charge < -0.3 is 14.6 Å². The summed E-state index contributed by atoms with van der Waals surface area (Å²) in [5.74, 6) is 0.521. The Morgan fingerprint density at radius 1 is 1.08 bits per heavy atom. The zero-order chi connectivity index (χ0) is 18.5. The van der Waals surface area contributed by atoms with Crippen LogP contribution in [-0.4, -0.2) is 17.9 Å². The Morgan fingerprint density at radius 2 is 1.88 bits per heavy atom. The first-order valence-corrected chi connectivity index (χ1v) is 8.86. The van der Waals surface area contributed by atoms with Gasteiger partial charge in [0.25, 0.3) is 5.91 Å². The minimum absolute atomic E-state index is 0.172. The highest BCUT2D eigenvalue weighted by Crippen LogP contribution is 2.25. The number of carbonyl (C=O) groups excluding carboxylic acids is 1. The monoisotopic (exact) mass is 388 g/mol. The molecule has 0 aliphatic carbocycles. The van der Waals surface area contributed by atoms with E-state index < -0.39 is 0 Å². The quantitative estimate of drug-likeness (QED) is 0.608.